The van der Waals surface area contributed by atoms with Crippen molar-refractivity contribution < 1.29 is 9.59 Å². The summed E-state index contributed by atoms with van der Waals surface area (Å²) in [6, 6.07) is 8.17. The molecule has 4 rings (SSSR count). The number of aryl methyl sites for hydroxylation is 1. The summed E-state index contributed by atoms with van der Waals surface area (Å²) in [6.07, 6.45) is 6.02. The molecule has 1 spiro atoms. The minimum atomic E-state index is -0.0315. The van der Waals surface area contributed by atoms with Gasteiger partial charge in [-0.25, -0.2) is 0 Å². The standard InChI is InChI=1S/C20H26N2O2/c1-15-6-8-17(9-7-15)22-14-20(12-18(22)23)10-11-21(13-20)19(24)16-4-2-3-5-16/h6-9,16H,2-5,10-14H2,1H3/t20-/m1/s1. The zero-order chi connectivity index (χ0) is 16.7. The van der Waals surface area contributed by atoms with Gasteiger partial charge in [0.2, 0.25) is 11.8 Å². The lowest BCUT2D eigenvalue weighted by atomic mass is 9.86. The average molecular weight is 326 g/mol. The van der Waals surface area contributed by atoms with Crippen LogP contribution in [0.1, 0.15) is 44.1 Å². The maximum atomic E-state index is 12.7. The third-order valence-corrected chi connectivity index (χ3v) is 6.12. The van der Waals surface area contributed by atoms with E-state index >= 15 is 0 Å². The van der Waals surface area contributed by atoms with Gasteiger partial charge in [-0.15, -0.1) is 0 Å². The molecule has 2 saturated heterocycles. The maximum Gasteiger partial charge on any atom is 0.227 e. The SMILES string of the molecule is Cc1ccc(N2C[C@]3(CCN(C(=O)C4CCCC4)C3)CC2=O)cc1. The zero-order valence-corrected chi connectivity index (χ0v) is 14.5. The monoisotopic (exact) mass is 326 g/mol. The molecule has 1 aliphatic carbocycles. The summed E-state index contributed by atoms with van der Waals surface area (Å²) in [6.45, 7) is 4.39. The predicted molar refractivity (Wildman–Crippen MR) is 93.7 cm³/mol. The van der Waals surface area contributed by atoms with Crippen LogP contribution in [0.15, 0.2) is 24.3 Å². The summed E-state index contributed by atoms with van der Waals surface area (Å²) >= 11 is 0. The van der Waals surface area contributed by atoms with E-state index in [1.165, 1.54) is 18.4 Å². The quantitative estimate of drug-likeness (QED) is 0.838. The minimum Gasteiger partial charge on any atom is -0.342 e. The van der Waals surface area contributed by atoms with E-state index in [2.05, 4.69) is 19.1 Å². The van der Waals surface area contributed by atoms with Crippen LogP contribution < -0.4 is 4.90 Å². The van der Waals surface area contributed by atoms with Crippen LogP contribution in [0.2, 0.25) is 0 Å². The Balaban J connectivity index is 1.46. The average Bonchev–Trinajstić information content (AvgIpc) is 3.29. The van der Waals surface area contributed by atoms with Gasteiger partial charge < -0.3 is 9.80 Å². The van der Waals surface area contributed by atoms with Gasteiger partial charge in [-0.3, -0.25) is 9.59 Å². The smallest absolute Gasteiger partial charge is 0.227 e. The van der Waals surface area contributed by atoms with Crippen molar-refractivity contribution in [1.29, 1.82) is 0 Å². The Morgan fingerprint density at radius 2 is 1.83 bits per heavy atom. The van der Waals surface area contributed by atoms with Crippen molar-refractivity contribution in [3.05, 3.63) is 29.8 Å². The van der Waals surface area contributed by atoms with Gasteiger partial charge in [-0.05, 0) is 38.3 Å². The third-order valence-electron chi connectivity index (χ3n) is 6.12. The van der Waals surface area contributed by atoms with E-state index < -0.39 is 0 Å². The summed E-state index contributed by atoms with van der Waals surface area (Å²) in [5.41, 5.74) is 2.16. The second kappa shape index (κ2) is 5.91. The Labute approximate surface area is 143 Å². The van der Waals surface area contributed by atoms with Crippen molar-refractivity contribution in [3.8, 4) is 0 Å². The Kier molecular flexibility index (Phi) is 3.86. The highest BCUT2D eigenvalue weighted by Gasteiger charge is 2.49. The number of benzene rings is 1. The van der Waals surface area contributed by atoms with Gasteiger partial charge in [0.1, 0.15) is 0 Å². The molecule has 4 heteroatoms. The van der Waals surface area contributed by atoms with Crippen LogP contribution in [0.3, 0.4) is 0 Å². The summed E-state index contributed by atoms with van der Waals surface area (Å²) in [4.78, 5) is 29.2. The molecule has 128 valence electrons. The van der Waals surface area contributed by atoms with Gasteiger partial charge in [0.05, 0.1) is 0 Å². The van der Waals surface area contributed by atoms with E-state index in [1.54, 1.807) is 0 Å². The second-order valence-electron chi connectivity index (χ2n) is 7.98. The van der Waals surface area contributed by atoms with E-state index in [0.717, 1.165) is 44.6 Å². The summed E-state index contributed by atoms with van der Waals surface area (Å²) in [5, 5.41) is 0. The third kappa shape index (κ3) is 2.72. The summed E-state index contributed by atoms with van der Waals surface area (Å²) in [7, 11) is 0. The number of likely N-dealkylation sites (tertiary alicyclic amines) is 1. The molecular formula is C20H26N2O2. The molecular weight excluding hydrogens is 300 g/mol. The number of anilines is 1. The van der Waals surface area contributed by atoms with Crippen LogP contribution in [0.5, 0.6) is 0 Å². The summed E-state index contributed by atoms with van der Waals surface area (Å²) in [5.74, 6) is 0.782. The van der Waals surface area contributed by atoms with E-state index in [0.29, 0.717) is 12.3 Å². The number of carbonyl (C=O) groups is 2. The Hall–Kier alpha value is -1.84. The number of hydrogen-bond acceptors (Lipinski definition) is 2. The van der Waals surface area contributed by atoms with Gasteiger partial charge in [0, 0.05) is 43.1 Å². The van der Waals surface area contributed by atoms with Crippen molar-refractivity contribution in [2.75, 3.05) is 24.5 Å². The molecule has 2 heterocycles. The number of rotatable bonds is 2. The van der Waals surface area contributed by atoms with Gasteiger partial charge in [-0.1, -0.05) is 30.5 Å². The largest absolute Gasteiger partial charge is 0.342 e. The van der Waals surface area contributed by atoms with Crippen LogP contribution in [-0.4, -0.2) is 36.3 Å². The molecule has 0 unspecified atom stereocenters. The van der Waals surface area contributed by atoms with E-state index in [4.69, 9.17) is 0 Å². The fraction of sp³-hybridized carbons (Fsp3) is 0.600. The molecule has 0 N–H and O–H groups in total. The van der Waals surface area contributed by atoms with E-state index in [-0.39, 0.29) is 17.2 Å². The van der Waals surface area contributed by atoms with E-state index in [1.807, 2.05) is 21.9 Å². The van der Waals surface area contributed by atoms with Gasteiger partial charge in [0.15, 0.2) is 0 Å². The number of amides is 2. The Morgan fingerprint density at radius 1 is 1.12 bits per heavy atom. The number of nitrogens with zero attached hydrogens (tertiary/aromatic N) is 2. The van der Waals surface area contributed by atoms with Crippen LogP contribution in [0.25, 0.3) is 0 Å². The molecule has 4 nitrogen and oxygen atoms in total. The number of carbonyl (C=O) groups excluding carboxylic acids is 2. The lowest BCUT2D eigenvalue weighted by Crippen LogP contribution is -2.36. The number of hydrogen-bond donors (Lipinski definition) is 0. The molecule has 2 amide bonds. The normalized spacial score (nSPS) is 27.6. The summed E-state index contributed by atoms with van der Waals surface area (Å²) < 4.78 is 0. The molecule has 1 aromatic rings. The van der Waals surface area contributed by atoms with Crippen LogP contribution in [0.4, 0.5) is 5.69 Å². The molecule has 3 fully saturated rings. The first-order chi connectivity index (χ1) is 11.6. The lowest BCUT2D eigenvalue weighted by Gasteiger charge is -2.25. The van der Waals surface area contributed by atoms with Gasteiger partial charge in [-0.2, -0.15) is 0 Å². The molecule has 0 bridgehead atoms. The first-order valence-corrected chi connectivity index (χ1v) is 9.22. The molecule has 0 aromatic heterocycles. The van der Waals surface area contributed by atoms with Crippen LogP contribution in [-0.2, 0) is 9.59 Å². The highest BCUT2D eigenvalue weighted by atomic mass is 16.2. The Bertz CT molecular complexity index is 648. The highest BCUT2D eigenvalue weighted by Crippen LogP contribution is 2.42. The lowest BCUT2D eigenvalue weighted by molar-refractivity contribution is -0.134. The first kappa shape index (κ1) is 15.7. The van der Waals surface area contributed by atoms with Crippen molar-refractivity contribution in [2.24, 2.45) is 11.3 Å². The topological polar surface area (TPSA) is 40.6 Å². The van der Waals surface area contributed by atoms with Crippen molar-refractivity contribution >= 4 is 17.5 Å². The van der Waals surface area contributed by atoms with E-state index in [9.17, 15) is 9.59 Å². The predicted octanol–water partition coefficient (Wildman–Crippen LogP) is 3.14. The van der Waals surface area contributed by atoms with Crippen molar-refractivity contribution in [2.45, 2.75) is 45.4 Å². The Morgan fingerprint density at radius 3 is 2.54 bits per heavy atom. The van der Waals surface area contributed by atoms with Crippen molar-refractivity contribution in [1.82, 2.24) is 4.90 Å². The maximum absolute atomic E-state index is 12.7. The van der Waals surface area contributed by atoms with Gasteiger partial charge >= 0.3 is 0 Å². The molecule has 1 aromatic carbocycles. The minimum absolute atomic E-state index is 0.0315. The zero-order valence-electron chi connectivity index (χ0n) is 14.5. The van der Waals surface area contributed by atoms with Crippen LogP contribution >= 0.6 is 0 Å². The van der Waals surface area contributed by atoms with Crippen molar-refractivity contribution in [3.63, 3.8) is 0 Å². The van der Waals surface area contributed by atoms with Gasteiger partial charge in [0.25, 0.3) is 0 Å². The molecule has 0 radical (unpaired) electrons. The molecule has 1 atom stereocenters. The second-order valence-corrected chi connectivity index (χ2v) is 7.98. The molecule has 2 aliphatic heterocycles. The molecule has 1 saturated carbocycles. The first-order valence-electron chi connectivity index (χ1n) is 9.22. The molecule has 3 aliphatic rings. The highest BCUT2D eigenvalue weighted by molar-refractivity contribution is 5.96. The fourth-order valence-electron chi connectivity index (χ4n) is 4.68. The molecule has 24 heavy (non-hydrogen) atoms. The van der Waals surface area contributed by atoms with Crippen LogP contribution in [0, 0.1) is 18.3 Å². The fourth-order valence-corrected chi connectivity index (χ4v) is 4.68.